The number of ether oxygens (including phenoxy) is 1. The van der Waals surface area contributed by atoms with Gasteiger partial charge in [-0.15, -0.1) is 10.2 Å². The van der Waals surface area contributed by atoms with Crippen molar-refractivity contribution in [2.24, 2.45) is 10.2 Å². The van der Waals surface area contributed by atoms with Crippen LogP contribution in [0.5, 0.6) is 5.75 Å². The molecule has 0 aliphatic rings. The highest BCUT2D eigenvalue weighted by molar-refractivity contribution is 5.40. The molecule has 1 aromatic rings. The summed E-state index contributed by atoms with van der Waals surface area (Å²) in [6.07, 6.45) is 3.78. The van der Waals surface area contributed by atoms with E-state index in [1.807, 2.05) is 56.1 Å². The molecule has 0 saturated carbocycles. The fourth-order valence-corrected chi connectivity index (χ4v) is 1.14. The zero-order chi connectivity index (χ0) is 13.4. The van der Waals surface area contributed by atoms with Crippen LogP contribution in [0.1, 0.15) is 0 Å². The van der Waals surface area contributed by atoms with Crippen LogP contribution in [-0.4, -0.2) is 26.1 Å². The monoisotopic (exact) mass is 247 g/mol. The number of rotatable bonds is 6. The Morgan fingerprint density at radius 2 is 2.06 bits per heavy atom. The molecule has 5 nitrogen and oxygen atoms in total. The zero-order valence-electron chi connectivity index (χ0n) is 11.0. The van der Waals surface area contributed by atoms with Gasteiger partial charge in [-0.25, -0.2) is 0 Å². The Labute approximate surface area is 107 Å². The van der Waals surface area contributed by atoms with E-state index in [1.165, 1.54) is 0 Å². The predicted octanol–water partition coefficient (Wildman–Crippen LogP) is 1.85. The third-order valence-electron chi connectivity index (χ3n) is 2.26. The second-order valence-electron chi connectivity index (χ2n) is 3.60. The van der Waals surface area contributed by atoms with Crippen molar-refractivity contribution in [3.05, 3.63) is 49.1 Å². The Morgan fingerprint density at radius 1 is 1.39 bits per heavy atom. The number of hydrogen-bond donors (Lipinski definition) is 1. The number of benzene rings is 1. The summed E-state index contributed by atoms with van der Waals surface area (Å²) in [5.41, 5.74) is 0.761. The molecular formula is C13H19N4O+. The lowest BCUT2D eigenvalue weighted by atomic mass is 10.3. The fourth-order valence-electron chi connectivity index (χ4n) is 1.14. The molecule has 0 unspecified atom stereocenters. The van der Waals surface area contributed by atoms with Crippen molar-refractivity contribution in [3.8, 4) is 5.75 Å². The summed E-state index contributed by atoms with van der Waals surface area (Å²) >= 11 is 0. The minimum Gasteiger partial charge on any atom is -0.497 e. The molecule has 1 aromatic carbocycles. The molecule has 0 heterocycles. The maximum absolute atomic E-state index is 5.07. The Bertz CT molecular complexity index is 437. The highest BCUT2D eigenvalue weighted by Gasteiger charge is 1.97. The van der Waals surface area contributed by atoms with Crippen LogP contribution in [0.15, 0.2) is 59.3 Å². The van der Waals surface area contributed by atoms with Gasteiger partial charge >= 0.3 is 0 Å². The van der Waals surface area contributed by atoms with Crippen LogP contribution in [0.2, 0.25) is 0 Å². The zero-order valence-corrected chi connectivity index (χ0v) is 11.0. The van der Waals surface area contributed by atoms with Crippen LogP contribution in [0.3, 0.4) is 0 Å². The normalized spacial score (nSPS) is 11.1. The van der Waals surface area contributed by atoms with Crippen molar-refractivity contribution in [2.75, 3.05) is 21.2 Å². The minimum atomic E-state index is 0.573. The molecule has 0 bridgehead atoms. The van der Waals surface area contributed by atoms with Gasteiger partial charge in [0, 0.05) is 7.05 Å². The summed E-state index contributed by atoms with van der Waals surface area (Å²) in [6, 6.07) is 7.36. The summed E-state index contributed by atoms with van der Waals surface area (Å²) in [5.74, 6) is 1.37. The molecule has 0 spiro atoms. The number of methoxy groups -OCH3 is 1. The van der Waals surface area contributed by atoms with E-state index in [0.717, 1.165) is 11.4 Å². The molecule has 0 aliphatic heterocycles. The first kappa shape index (κ1) is 13.9. The van der Waals surface area contributed by atoms with Crippen LogP contribution in [0.4, 0.5) is 5.69 Å². The molecule has 0 saturated heterocycles. The van der Waals surface area contributed by atoms with Crippen LogP contribution in [0, 0.1) is 0 Å². The molecule has 0 aromatic heterocycles. The second kappa shape index (κ2) is 7.24. The molecule has 1 rings (SSSR count). The van der Waals surface area contributed by atoms with Crippen LogP contribution in [0.25, 0.3) is 0 Å². The molecule has 96 valence electrons. The quantitative estimate of drug-likeness (QED) is 0.780. The van der Waals surface area contributed by atoms with E-state index in [9.17, 15) is 0 Å². The third-order valence-corrected chi connectivity index (χ3v) is 2.26. The first-order valence-corrected chi connectivity index (χ1v) is 5.61. The Morgan fingerprint density at radius 3 is 2.61 bits per heavy atom. The minimum absolute atomic E-state index is 0.573. The summed E-state index contributed by atoms with van der Waals surface area (Å²) in [5, 5.41) is 10.1. The van der Waals surface area contributed by atoms with Gasteiger partial charge in [0.25, 0.3) is 0 Å². The van der Waals surface area contributed by atoms with E-state index < -0.39 is 0 Å². The number of nitrogens with zero attached hydrogens (tertiary/aromatic N) is 3. The molecule has 18 heavy (non-hydrogen) atoms. The van der Waals surface area contributed by atoms with Gasteiger partial charge in [-0.3, -0.25) is 0 Å². The lowest BCUT2D eigenvalue weighted by molar-refractivity contribution is -0.557. The average molecular weight is 247 g/mol. The van der Waals surface area contributed by atoms with Gasteiger partial charge in [0.2, 0.25) is 0 Å². The molecule has 0 amide bonds. The summed E-state index contributed by atoms with van der Waals surface area (Å²) in [7, 11) is 5.45. The van der Waals surface area contributed by atoms with Gasteiger partial charge < -0.3 is 15.0 Å². The van der Waals surface area contributed by atoms with Gasteiger partial charge in [0.05, 0.1) is 26.0 Å². The lowest BCUT2D eigenvalue weighted by Gasteiger charge is -2.10. The summed E-state index contributed by atoms with van der Waals surface area (Å²) in [4.78, 5) is 1.80. The van der Waals surface area contributed by atoms with Crippen molar-refractivity contribution in [1.29, 1.82) is 0 Å². The van der Waals surface area contributed by atoms with E-state index in [1.54, 1.807) is 12.0 Å². The standard InChI is InChI=1S/C13H18N4O/c1-11(17(3)10-9-14-2)15-16-12-5-7-13(18-4)8-6-12/h5-10,14H,1H2,2-4H3/p+1. The molecule has 0 fully saturated rings. The maximum atomic E-state index is 5.07. The predicted molar refractivity (Wildman–Crippen MR) is 71.4 cm³/mol. The van der Waals surface area contributed by atoms with Gasteiger partial charge in [-0.05, 0) is 24.3 Å². The molecule has 0 atom stereocenters. The van der Waals surface area contributed by atoms with Crippen LogP contribution >= 0.6 is 0 Å². The highest BCUT2D eigenvalue weighted by Crippen LogP contribution is 2.18. The van der Waals surface area contributed by atoms with Gasteiger partial charge in [-0.2, -0.15) is 0 Å². The maximum Gasteiger partial charge on any atom is 0.147 e. The number of azo groups is 1. The van der Waals surface area contributed by atoms with Gasteiger partial charge in [0.15, 0.2) is 0 Å². The SMILES string of the molecule is C=C(N=Nc1ccc(OC)cc1)N(C)C=C[NH2+]C. The molecule has 5 heteroatoms. The highest BCUT2D eigenvalue weighted by atomic mass is 16.5. The Hall–Kier alpha value is -2.14. The molecular weight excluding hydrogens is 228 g/mol. The van der Waals surface area contributed by atoms with Crippen molar-refractivity contribution >= 4 is 5.69 Å². The molecule has 2 N–H and O–H groups in total. The van der Waals surface area contributed by atoms with Crippen LogP contribution in [-0.2, 0) is 0 Å². The number of hydrogen-bond acceptors (Lipinski definition) is 4. The lowest BCUT2D eigenvalue weighted by Crippen LogP contribution is -2.72. The average Bonchev–Trinajstić information content (AvgIpc) is 2.42. The topological polar surface area (TPSA) is 53.8 Å². The number of nitrogens with two attached hydrogens (primary N) is 1. The van der Waals surface area contributed by atoms with E-state index >= 15 is 0 Å². The van der Waals surface area contributed by atoms with E-state index in [-0.39, 0.29) is 0 Å². The van der Waals surface area contributed by atoms with E-state index in [0.29, 0.717) is 5.82 Å². The largest absolute Gasteiger partial charge is 0.497 e. The van der Waals surface area contributed by atoms with Gasteiger partial charge in [-0.1, -0.05) is 6.58 Å². The summed E-state index contributed by atoms with van der Waals surface area (Å²) < 4.78 is 5.07. The Kier molecular flexibility index (Phi) is 5.60. The second-order valence-corrected chi connectivity index (χ2v) is 3.60. The number of quaternary nitrogens is 1. The molecule has 0 aliphatic carbocycles. The van der Waals surface area contributed by atoms with Crippen molar-refractivity contribution < 1.29 is 10.1 Å². The summed E-state index contributed by atoms with van der Waals surface area (Å²) in [6.45, 7) is 3.83. The third kappa shape index (κ3) is 4.39. The fraction of sp³-hybridized carbons (Fsp3) is 0.231. The molecule has 0 radical (unpaired) electrons. The van der Waals surface area contributed by atoms with Crippen molar-refractivity contribution in [2.45, 2.75) is 0 Å². The van der Waals surface area contributed by atoms with Gasteiger partial charge in [0.1, 0.15) is 17.8 Å². The van der Waals surface area contributed by atoms with Crippen LogP contribution < -0.4 is 10.1 Å². The Balaban J connectivity index is 2.62. The van der Waals surface area contributed by atoms with Crippen molar-refractivity contribution in [3.63, 3.8) is 0 Å². The first-order chi connectivity index (χ1) is 8.67. The first-order valence-electron chi connectivity index (χ1n) is 5.61. The van der Waals surface area contributed by atoms with Crippen molar-refractivity contribution in [1.82, 2.24) is 4.90 Å². The van der Waals surface area contributed by atoms with E-state index in [4.69, 9.17) is 4.74 Å². The smallest absolute Gasteiger partial charge is 0.147 e. The van der Waals surface area contributed by atoms with E-state index in [2.05, 4.69) is 16.8 Å².